The molecule has 2 N–H and O–H groups in total. The molecule has 2 aliphatic carbocycles. The summed E-state index contributed by atoms with van der Waals surface area (Å²) >= 11 is 0. The summed E-state index contributed by atoms with van der Waals surface area (Å²) in [7, 11) is 1.64. The van der Waals surface area contributed by atoms with Gasteiger partial charge >= 0.3 is 0 Å². The molecule has 0 unspecified atom stereocenters. The van der Waals surface area contributed by atoms with Gasteiger partial charge in [-0.2, -0.15) is 0 Å². The van der Waals surface area contributed by atoms with Crippen molar-refractivity contribution in [3.05, 3.63) is 57.8 Å². The summed E-state index contributed by atoms with van der Waals surface area (Å²) in [4.78, 5) is 32.8. The minimum Gasteiger partial charge on any atom is -0.497 e. The Bertz CT molecular complexity index is 912. The highest BCUT2D eigenvalue weighted by molar-refractivity contribution is 5.79. The third-order valence-corrected chi connectivity index (χ3v) is 6.53. The average molecular weight is 410 g/mol. The number of amides is 1. The van der Waals surface area contributed by atoms with E-state index in [1.165, 1.54) is 12.8 Å². The number of aromatic amines is 1. The van der Waals surface area contributed by atoms with Gasteiger partial charge in [0.2, 0.25) is 5.91 Å². The average Bonchev–Trinajstić information content (AvgIpc) is 2.72. The number of rotatable bonds is 7. The number of methoxy groups -OCH3 is 1. The van der Waals surface area contributed by atoms with Crippen LogP contribution in [0.5, 0.6) is 5.75 Å². The van der Waals surface area contributed by atoms with Crippen LogP contribution in [0.3, 0.4) is 0 Å². The van der Waals surface area contributed by atoms with Gasteiger partial charge in [-0.3, -0.25) is 9.59 Å². The normalized spacial score (nSPS) is 18.4. The Morgan fingerprint density at radius 3 is 2.50 bits per heavy atom. The molecule has 1 aromatic carbocycles. The zero-order valence-corrected chi connectivity index (χ0v) is 17.7. The highest BCUT2D eigenvalue weighted by atomic mass is 16.5. The SMILES string of the molecule is COc1ccc([C@@H](Cc2cc(=O)[nH]c(C3CCC3)n2)NC(=O)C2CCCCC2)cc1. The molecule has 1 atom stereocenters. The van der Waals surface area contributed by atoms with Crippen molar-refractivity contribution in [2.75, 3.05) is 7.11 Å². The molecule has 0 radical (unpaired) electrons. The summed E-state index contributed by atoms with van der Waals surface area (Å²) in [5.74, 6) is 2.11. The lowest BCUT2D eigenvalue weighted by molar-refractivity contribution is -0.126. The lowest BCUT2D eigenvalue weighted by Crippen LogP contribution is -2.36. The second-order valence-electron chi connectivity index (χ2n) is 8.62. The molecular weight excluding hydrogens is 378 g/mol. The number of ether oxygens (including phenoxy) is 1. The quantitative estimate of drug-likeness (QED) is 0.723. The van der Waals surface area contributed by atoms with Crippen LogP contribution in [0.4, 0.5) is 0 Å². The van der Waals surface area contributed by atoms with Gasteiger partial charge < -0.3 is 15.0 Å². The predicted octanol–water partition coefficient (Wildman–Crippen LogP) is 4.03. The standard InChI is InChI=1S/C24H31N3O3/c1-30-20-12-10-16(11-13-20)21(26-24(29)18-6-3-2-4-7-18)14-19-15-22(28)27-23(25-19)17-8-5-9-17/h10-13,15,17-18,21H,2-9,14H2,1H3,(H,26,29)(H,25,27,28)/t21-/m1/s1. The molecule has 0 bridgehead atoms. The van der Waals surface area contributed by atoms with Crippen LogP contribution >= 0.6 is 0 Å². The molecule has 6 heteroatoms. The van der Waals surface area contributed by atoms with E-state index in [1.807, 2.05) is 24.3 Å². The summed E-state index contributed by atoms with van der Waals surface area (Å²) < 4.78 is 5.27. The minimum absolute atomic E-state index is 0.0807. The zero-order chi connectivity index (χ0) is 20.9. The molecule has 0 aliphatic heterocycles. The van der Waals surface area contributed by atoms with Crippen molar-refractivity contribution >= 4 is 5.91 Å². The smallest absolute Gasteiger partial charge is 0.251 e. The van der Waals surface area contributed by atoms with Crippen molar-refractivity contribution in [3.63, 3.8) is 0 Å². The lowest BCUT2D eigenvalue weighted by atomic mass is 9.85. The van der Waals surface area contributed by atoms with Gasteiger partial charge in [0.1, 0.15) is 11.6 Å². The maximum Gasteiger partial charge on any atom is 0.251 e. The summed E-state index contributed by atoms with van der Waals surface area (Å²) in [5.41, 5.74) is 1.60. The van der Waals surface area contributed by atoms with Crippen LogP contribution in [0.15, 0.2) is 35.1 Å². The third kappa shape index (κ3) is 4.91. The molecule has 0 saturated heterocycles. The maximum atomic E-state index is 13.0. The Balaban J connectivity index is 1.56. The highest BCUT2D eigenvalue weighted by Crippen LogP contribution is 2.34. The molecular formula is C24H31N3O3. The Morgan fingerprint density at radius 2 is 1.87 bits per heavy atom. The van der Waals surface area contributed by atoms with E-state index in [9.17, 15) is 9.59 Å². The Kier molecular flexibility index (Phi) is 6.50. The molecule has 2 fully saturated rings. The van der Waals surface area contributed by atoms with Crippen molar-refractivity contribution in [2.24, 2.45) is 5.92 Å². The van der Waals surface area contributed by atoms with Gasteiger partial charge in [0.25, 0.3) is 5.56 Å². The van der Waals surface area contributed by atoms with Crippen molar-refractivity contribution in [1.82, 2.24) is 15.3 Å². The first kappa shape index (κ1) is 20.6. The molecule has 30 heavy (non-hydrogen) atoms. The van der Waals surface area contributed by atoms with E-state index in [0.29, 0.717) is 12.3 Å². The van der Waals surface area contributed by atoms with Crippen LogP contribution in [0, 0.1) is 5.92 Å². The minimum atomic E-state index is -0.228. The first-order valence-electron chi connectivity index (χ1n) is 11.2. The van der Waals surface area contributed by atoms with Crippen LogP contribution in [0.1, 0.15) is 80.4 Å². The topological polar surface area (TPSA) is 84.1 Å². The monoisotopic (exact) mass is 409 g/mol. The van der Waals surface area contributed by atoms with Gasteiger partial charge in [-0.25, -0.2) is 4.98 Å². The number of benzene rings is 1. The number of hydrogen-bond donors (Lipinski definition) is 2. The van der Waals surface area contributed by atoms with Crippen LogP contribution in [0.25, 0.3) is 0 Å². The fourth-order valence-corrected chi connectivity index (χ4v) is 4.46. The van der Waals surface area contributed by atoms with Crippen molar-refractivity contribution in [1.29, 1.82) is 0 Å². The van der Waals surface area contributed by atoms with E-state index in [2.05, 4.69) is 10.3 Å². The first-order chi connectivity index (χ1) is 14.6. The van der Waals surface area contributed by atoms with Gasteiger partial charge in [0.15, 0.2) is 0 Å². The van der Waals surface area contributed by atoms with E-state index in [-0.39, 0.29) is 23.4 Å². The number of H-pyrrole nitrogens is 1. The fourth-order valence-electron chi connectivity index (χ4n) is 4.46. The largest absolute Gasteiger partial charge is 0.497 e. The summed E-state index contributed by atoms with van der Waals surface area (Å²) in [6, 6.07) is 9.09. The van der Waals surface area contributed by atoms with Crippen molar-refractivity contribution in [3.8, 4) is 5.75 Å². The molecule has 2 aliphatic rings. The third-order valence-electron chi connectivity index (χ3n) is 6.53. The molecule has 1 heterocycles. The summed E-state index contributed by atoms with van der Waals surface area (Å²) in [6.07, 6.45) is 9.19. The molecule has 4 rings (SSSR count). The summed E-state index contributed by atoms with van der Waals surface area (Å²) in [5, 5.41) is 3.25. The second kappa shape index (κ2) is 9.45. The number of aromatic nitrogens is 2. The first-order valence-corrected chi connectivity index (χ1v) is 11.2. The van der Waals surface area contributed by atoms with E-state index in [0.717, 1.165) is 61.4 Å². The van der Waals surface area contributed by atoms with Crippen LogP contribution in [-0.4, -0.2) is 23.0 Å². The predicted molar refractivity (Wildman–Crippen MR) is 116 cm³/mol. The van der Waals surface area contributed by atoms with E-state index in [4.69, 9.17) is 9.72 Å². The van der Waals surface area contributed by atoms with Crippen LogP contribution in [0.2, 0.25) is 0 Å². The van der Waals surface area contributed by atoms with E-state index >= 15 is 0 Å². The van der Waals surface area contributed by atoms with Gasteiger partial charge in [0, 0.05) is 24.3 Å². The molecule has 160 valence electrons. The number of carbonyl (C=O) groups excluding carboxylic acids is 1. The Morgan fingerprint density at radius 1 is 1.13 bits per heavy atom. The van der Waals surface area contributed by atoms with E-state index < -0.39 is 0 Å². The maximum absolute atomic E-state index is 13.0. The number of nitrogens with zero attached hydrogens (tertiary/aromatic N) is 1. The fraction of sp³-hybridized carbons (Fsp3) is 0.542. The molecule has 2 saturated carbocycles. The Hall–Kier alpha value is -2.63. The van der Waals surface area contributed by atoms with Crippen molar-refractivity contribution < 1.29 is 9.53 Å². The van der Waals surface area contributed by atoms with Crippen LogP contribution in [-0.2, 0) is 11.2 Å². The van der Waals surface area contributed by atoms with Crippen molar-refractivity contribution in [2.45, 2.75) is 69.7 Å². The van der Waals surface area contributed by atoms with Gasteiger partial charge in [-0.1, -0.05) is 37.8 Å². The molecule has 2 aromatic rings. The van der Waals surface area contributed by atoms with Gasteiger partial charge in [-0.05, 0) is 43.4 Å². The number of nitrogens with one attached hydrogen (secondary N) is 2. The highest BCUT2D eigenvalue weighted by Gasteiger charge is 2.26. The molecule has 1 amide bonds. The lowest BCUT2D eigenvalue weighted by Gasteiger charge is -2.26. The zero-order valence-electron chi connectivity index (χ0n) is 17.7. The molecule has 6 nitrogen and oxygen atoms in total. The van der Waals surface area contributed by atoms with Gasteiger partial charge in [0.05, 0.1) is 18.8 Å². The molecule has 0 spiro atoms. The van der Waals surface area contributed by atoms with Gasteiger partial charge in [-0.15, -0.1) is 0 Å². The second-order valence-corrected chi connectivity index (χ2v) is 8.62. The number of hydrogen-bond acceptors (Lipinski definition) is 4. The van der Waals surface area contributed by atoms with E-state index in [1.54, 1.807) is 13.2 Å². The van der Waals surface area contributed by atoms with Crippen LogP contribution < -0.4 is 15.6 Å². The molecule has 1 aromatic heterocycles. The number of carbonyl (C=O) groups is 1. The Labute approximate surface area is 177 Å². The summed E-state index contributed by atoms with van der Waals surface area (Å²) in [6.45, 7) is 0.